The van der Waals surface area contributed by atoms with E-state index in [2.05, 4.69) is 11.2 Å². The number of aliphatic hydroxyl groups excluding tert-OH is 1. The predicted molar refractivity (Wildman–Crippen MR) is 125 cm³/mol. The molecule has 0 radical (unpaired) electrons. The average molecular weight is 453 g/mol. The largest absolute Gasteiger partial charge is 0.491 e. The van der Waals surface area contributed by atoms with Crippen molar-refractivity contribution in [2.45, 2.75) is 29.5 Å². The number of rotatable bonds is 9. The number of ether oxygens (including phenoxy) is 1. The van der Waals surface area contributed by atoms with Crippen LogP contribution in [-0.4, -0.2) is 43.4 Å². The molecule has 2 aromatic heterocycles. The number of aliphatic hydroxyl groups is 1. The van der Waals surface area contributed by atoms with E-state index in [4.69, 9.17) is 14.8 Å². The number of benzene rings is 1. The van der Waals surface area contributed by atoms with Crippen molar-refractivity contribution in [3.8, 4) is 34.2 Å². The summed E-state index contributed by atoms with van der Waals surface area (Å²) in [7, 11) is 1.88. The molecular weight excluding hydrogens is 428 g/mol. The van der Waals surface area contributed by atoms with Crippen molar-refractivity contribution in [2.75, 3.05) is 18.3 Å². The van der Waals surface area contributed by atoms with E-state index in [1.807, 2.05) is 55.3 Å². The summed E-state index contributed by atoms with van der Waals surface area (Å²) < 4.78 is 7.22. The highest BCUT2D eigenvalue weighted by Crippen LogP contribution is 2.38. The van der Waals surface area contributed by atoms with Gasteiger partial charge in [-0.1, -0.05) is 30.3 Å². The molecule has 8 heteroatoms. The van der Waals surface area contributed by atoms with Crippen LogP contribution in [0.15, 0.2) is 47.8 Å². The lowest BCUT2D eigenvalue weighted by atomic mass is 10.00. The lowest BCUT2D eigenvalue weighted by molar-refractivity contribution is 0.201. The number of thioether (sulfide) groups is 2. The first-order chi connectivity index (χ1) is 15.2. The molecule has 0 unspecified atom stereocenters. The SMILES string of the molecule is Cn1cc(-c2cc(-c3ccc(OCCO)cc3)c(C#N)c(SCSC3CCC3)n2)cn1. The summed E-state index contributed by atoms with van der Waals surface area (Å²) in [5.41, 5.74) is 4.09. The fourth-order valence-electron chi connectivity index (χ4n) is 3.28. The van der Waals surface area contributed by atoms with Gasteiger partial charge in [-0.3, -0.25) is 4.68 Å². The zero-order valence-corrected chi connectivity index (χ0v) is 19.0. The van der Waals surface area contributed by atoms with Crippen LogP contribution in [0.5, 0.6) is 5.75 Å². The van der Waals surface area contributed by atoms with Crippen molar-refractivity contribution < 1.29 is 9.84 Å². The molecule has 0 atom stereocenters. The number of nitrogens with zero attached hydrogens (tertiary/aromatic N) is 4. The minimum absolute atomic E-state index is 0.0292. The van der Waals surface area contributed by atoms with Gasteiger partial charge >= 0.3 is 0 Å². The second-order valence-electron chi connectivity index (χ2n) is 7.33. The molecule has 2 heterocycles. The fourth-order valence-corrected chi connectivity index (χ4v) is 5.90. The first-order valence-electron chi connectivity index (χ1n) is 10.2. The van der Waals surface area contributed by atoms with E-state index in [0.717, 1.165) is 37.7 Å². The number of aryl methyl sites for hydroxylation is 1. The molecule has 31 heavy (non-hydrogen) atoms. The molecule has 0 bridgehead atoms. The van der Waals surface area contributed by atoms with E-state index in [1.165, 1.54) is 19.3 Å². The Morgan fingerprint density at radius 3 is 2.68 bits per heavy atom. The van der Waals surface area contributed by atoms with Gasteiger partial charge in [0.25, 0.3) is 0 Å². The summed E-state index contributed by atoms with van der Waals surface area (Å²) in [6.07, 6.45) is 7.62. The quantitative estimate of drug-likeness (QED) is 0.371. The minimum Gasteiger partial charge on any atom is -0.491 e. The maximum absolute atomic E-state index is 9.98. The Kier molecular flexibility index (Phi) is 7.17. The molecule has 1 N–H and O–H groups in total. The van der Waals surface area contributed by atoms with Crippen molar-refractivity contribution in [1.82, 2.24) is 14.8 Å². The zero-order chi connectivity index (χ0) is 21.6. The van der Waals surface area contributed by atoms with Gasteiger partial charge < -0.3 is 9.84 Å². The molecule has 0 spiro atoms. The Bertz CT molecular complexity index is 1070. The summed E-state index contributed by atoms with van der Waals surface area (Å²) in [5.74, 6) is 0.685. The lowest BCUT2D eigenvalue weighted by Crippen LogP contribution is -2.13. The van der Waals surface area contributed by atoms with Crippen molar-refractivity contribution in [3.63, 3.8) is 0 Å². The summed E-state index contributed by atoms with van der Waals surface area (Å²) >= 11 is 3.59. The van der Waals surface area contributed by atoms with E-state index < -0.39 is 0 Å². The third-order valence-electron chi connectivity index (χ3n) is 5.18. The second-order valence-corrected chi connectivity index (χ2v) is 9.95. The van der Waals surface area contributed by atoms with E-state index in [0.29, 0.717) is 11.3 Å². The number of hydrogen-bond acceptors (Lipinski definition) is 7. The smallest absolute Gasteiger partial charge is 0.119 e. The number of nitriles is 1. The standard InChI is InChI=1S/C23H24N4O2S2/c1-27-14-17(13-25-27)22-11-20(16-5-7-18(8-6-16)29-10-9-28)21(12-24)23(26-22)31-15-30-19-3-2-4-19/h5-8,11,13-14,19,28H,2-4,9-10,15H2,1H3. The molecule has 0 saturated heterocycles. The highest BCUT2D eigenvalue weighted by atomic mass is 32.2. The van der Waals surface area contributed by atoms with Crippen molar-refractivity contribution in [1.29, 1.82) is 5.26 Å². The van der Waals surface area contributed by atoms with E-state index in [-0.39, 0.29) is 13.2 Å². The molecule has 1 aromatic carbocycles. The van der Waals surface area contributed by atoms with Gasteiger partial charge in [-0.2, -0.15) is 10.4 Å². The topological polar surface area (TPSA) is 84.0 Å². The Morgan fingerprint density at radius 2 is 2.06 bits per heavy atom. The van der Waals surface area contributed by atoms with Crippen LogP contribution >= 0.6 is 23.5 Å². The maximum atomic E-state index is 9.98. The van der Waals surface area contributed by atoms with Gasteiger partial charge in [-0.15, -0.1) is 11.8 Å². The van der Waals surface area contributed by atoms with E-state index in [9.17, 15) is 5.26 Å². The first-order valence-corrected chi connectivity index (χ1v) is 12.2. The predicted octanol–water partition coefficient (Wildman–Crippen LogP) is 4.73. The third kappa shape index (κ3) is 5.24. The Labute approximate surface area is 190 Å². The van der Waals surface area contributed by atoms with Crippen molar-refractivity contribution in [2.24, 2.45) is 7.05 Å². The number of pyridine rings is 1. The highest BCUT2D eigenvalue weighted by Gasteiger charge is 2.20. The molecule has 1 aliphatic carbocycles. The van der Waals surface area contributed by atoms with Crippen LogP contribution in [-0.2, 0) is 7.05 Å². The molecule has 1 fully saturated rings. The second kappa shape index (κ2) is 10.2. The number of aromatic nitrogens is 3. The highest BCUT2D eigenvalue weighted by molar-refractivity contribution is 8.16. The van der Waals surface area contributed by atoms with E-state index in [1.54, 1.807) is 22.6 Å². The van der Waals surface area contributed by atoms with E-state index >= 15 is 0 Å². The van der Waals surface area contributed by atoms with Gasteiger partial charge in [-0.05, 0) is 36.6 Å². The third-order valence-corrected chi connectivity index (χ3v) is 7.70. The van der Waals surface area contributed by atoms with Gasteiger partial charge in [0.05, 0.1) is 24.1 Å². The van der Waals surface area contributed by atoms with Gasteiger partial charge in [0.2, 0.25) is 0 Å². The molecule has 6 nitrogen and oxygen atoms in total. The van der Waals surface area contributed by atoms with Crippen LogP contribution in [0, 0.1) is 11.3 Å². The Balaban J connectivity index is 1.69. The normalized spacial score (nSPS) is 13.6. The fraction of sp³-hybridized carbons (Fsp3) is 0.348. The number of hydrogen-bond donors (Lipinski definition) is 1. The summed E-state index contributed by atoms with van der Waals surface area (Å²) in [4.78, 5) is 4.83. The Morgan fingerprint density at radius 1 is 1.26 bits per heavy atom. The summed E-state index contributed by atoms with van der Waals surface area (Å²) in [6.45, 7) is 0.223. The molecule has 160 valence electrons. The van der Waals surface area contributed by atoms with Gasteiger partial charge in [-0.25, -0.2) is 4.98 Å². The van der Waals surface area contributed by atoms with Crippen LogP contribution in [0.2, 0.25) is 0 Å². The molecule has 1 saturated carbocycles. The molecule has 4 rings (SSSR count). The molecular formula is C23H24N4O2S2. The Hall–Kier alpha value is -2.47. The van der Waals surface area contributed by atoms with Crippen molar-refractivity contribution >= 4 is 23.5 Å². The van der Waals surface area contributed by atoms with Gasteiger partial charge in [0, 0.05) is 34.7 Å². The van der Waals surface area contributed by atoms with Crippen LogP contribution in [0.1, 0.15) is 24.8 Å². The van der Waals surface area contributed by atoms with Crippen LogP contribution in [0.3, 0.4) is 0 Å². The average Bonchev–Trinajstić information content (AvgIpc) is 3.20. The summed E-state index contributed by atoms with van der Waals surface area (Å²) in [6, 6.07) is 11.9. The van der Waals surface area contributed by atoms with Crippen LogP contribution < -0.4 is 4.74 Å². The molecule has 0 amide bonds. The van der Waals surface area contributed by atoms with Crippen LogP contribution in [0.4, 0.5) is 0 Å². The minimum atomic E-state index is -0.0292. The maximum Gasteiger partial charge on any atom is 0.119 e. The monoisotopic (exact) mass is 452 g/mol. The van der Waals surface area contributed by atoms with Gasteiger partial charge in [0.15, 0.2) is 0 Å². The van der Waals surface area contributed by atoms with Crippen molar-refractivity contribution in [3.05, 3.63) is 48.3 Å². The molecule has 1 aliphatic rings. The molecule has 0 aliphatic heterocycles. The summed E-state index contributed by atoms with van der Waals surface area (Å²) in [5, 5.41) is 25.6. The molecule has 3 aromatic rings. The first kappa shape index (κ1) is 21.8. The zero-order valence-electron chi connectivity index (χ0n) is 17.3. The lowest BCUT2D eigenvalue weighted by Gasteiger charge is -2.24. The van der Waals surface area contributed by atoms with Crippen LogP contribution in [0.25, 0.3) is 22.4 Å². The van der Waals surface area contributed by atoms with Gasteiger partial charge in [0.1, 0.15) is 23.5 Å².